The number of benzene rings is 1. The van der Waals surface area contributed by atoms with Crippen LogP contribution in [0.15, 0.2) is 28.7 Å². The first-order valence-electron chi connectivity index (χ1n) is 5.67. The van der Waals surface area contributed by atoms with Gasteiger partial charge in [-0.2, -0.15) is 17.6 Å². The fourth-order valence-electron chi connectivity index (χ4n) is 1.23. The Kier molecular flexibility index (Phi) is 4.55. The number of alkyl halides is 3. The van der Waals surface area contributed by atoms with Crippen molar-refractivity contribution in [1.29, 1.82) is 0 Å². The van der Waals surface area contributed by atoms with Crippen LogP contribution in [0.5, 0.6) is 0 Å². The predicted molar refractivity (Wildman–Crippen MR) is 71.6 cm³/mol. The summed E-state index contributed by atoms with van der Waals surface area (Å²) in [5.74, 6) is 0. The molecule has 19 heavy (non-hydrogen) atoms. The fraction of sp³-hybridized carbons (Fsp3) is 0.462. The molecule has 0 fully saturated rings. The quantitative estimate of drug-likeness (QED) is 0.758. The molecule has 0 N–H and O–H groups in total. The van der Waals surface area contributed by atoms with Crippen molar-refractivity contribution in [1.82, 2.24) is 0 Å². The monoisotopic (exact) mass is 291 g/mol. The van der Waals surface area contributed by atoms with E-state index in [-0.39, 0.29) is 0 Å². The Bertz CT molecular complexity index is 515. The molecule has 106 valence electrons. The second kappa shape index (κ2) is 5.45. The van der Waals surface area contributed by atoms with E-state index in [1.807, 2.05) is 0 Å². The number of rotatable bonds is 2. The summed E-state index contributed by atoms with van der Waals surface area (Å²) in [5, 5.41) is 0. The zero-order valence-electron chi connectivity index (χ0n) is 11.2. The molecule has 0 amide bonds. The molecule has 1 aromatic rings. The van der Waals surface area contributed by atoms with Crippen molar-refractivity contribution in [2.45, 2.75) is 38.6 Å². The molecule has 6 heteroatoms. The molecule has 2 nitrogen and oxygen atoms in total. The first kappa shape index (κ1) is 15.9. The molecule has 0 aliphatic rings. The van der Waals surface area contributed by atoms with E-state index in [1.54, 1.807) is 27.7 Å². The summed E-state index contributed by atoms with van der Waals surface area (Å²) < 4.78 is 53.0. The van der Waals surface area contributed by atoms with Crippen LogP contribution in [0.1, 0.15) is 38.8 Å². The lowest BCUT2D eigenvalue weighted by atomic mass is 10.1. The van der Waals surface area contributed by atoms with Crippen LogP contribution in [0.2, 0.25) is 0 Å². The Balaban J connectivity index is 3.11. The summed E-state index contributed by atoms with van der Waals surface area (Å²) >= 11 is 0. The second-order valence-electron chi connectivity index (χ2n) is 5.12. The van der Waals surface area contributed by atoms with Gasteiger partial charge in [0.2, 0.25) is 0 Å². The average Bonchev–Trinajstić information content (AvgIpc) is 2.26. The maximum absolute atomic E-state index is 12.6. The van der Waals surface area contributed by atoms with E-state index in [0.717, 1.165) is 12.1 Å². The van der Waals surface area contributed by atoms with Crippen LogP contribution < -0.4 is 0 Å². The van der Waals surface area contributed by atoms with Gasteiger partial charge in [0.1, 0.15) is 11.0 Å². The van der Waals surface area contributed by atoms with E-state index in [9.17, 15) is 17.4 Å². The van der Waals surface area contributed by atoms with E-state index in [0.29, 0.717) is 11.3 Å². The third-order valence-electron chi connectivity index (χ3n) is 2.35. The van der Waals surface area contributed by atoms with Crippen molar-refractivity contribution >= 4 is 16.7 Å². The maximum atomic E-state index is 12.6. The highest BCUT2D eigenvalue weighted by molar-refractivity contribution is 7.85. The highest BCUT2D eigenvalue weighted by atomic mass is 32.2. The molecule has 0 bridgehead atoms. The van der Waals surface area contributed by atoms with Crippen molar-refractivity contribution in [2.75, 3.05) is 0 Å². The van der Waals surface area contributed by atoms with Gasteiger partial charge in [-0.1, -0.05) is 12.1 Å². The number of hydrogen-bond donors (Lipinski definition) is 0. The van der Waals surface area contributed by atoms with Crippen molar-refractivity contribution in [2.24, 2.45) is 4.40 Å². The van der Waals surface area contributed by atoms with Crippen LogP contribution in [0.4, 0.5) is 13.2 Å². The molecule has 1 aromatic carbocycles. The standard InChI is InChI=1S/C13H16F3NOS/c1-9(17-19(18)12(2,3)4)10-6-5-7-11(8-10)13(14,15)16/h5-8H,1-4H3/b17-9+. The van der Waals surface area contributed by atoms with Crippen molar-refractivity contribution in [3.63, 3.8) is 0 Å². The third kappa shape index (κ3) is 4.45. The molecular formula is C13H16F3NOS. The van der Waals surface area contributed by atoms with Gasteiger partial charge in [-0.15, -0.1) is 0 Å². The lowest BCUT2D eigenvalue weighted by molar-refractivity contribution is -0.137. The maximum Gasteiger partial charge on any atom is 0.416 e. The topological polar surface area (TPSA) is 29.4 Å². The van der Waals surface area contributed by atoms with E-state index >= 15 is 0 Å². The molecule has 0 aliphatic carbocycles. The van der Waals surface area contributed by atoms with E-state index in [1.165, 1.54) is 12.1 Å². The smallest absolute Gasteiger partial charge is 0.234 e. The summed E-state index contributed by atoms with van der Waals surface area (Å²) in [6.45, 7) is 6.82. The molecule has 0 heterocycles. The molecule has 0 saturated carbocycles. The molecule has 0 saturated heterocycles. The van der Waals surface area contributed by atoms with Crippen LogP contribution in [0.25, 0.3) is 0 Å². The molecule has 1 atom stereocenters. The van der Waals surface area contributed by atoms with Crippen molar-refractivity contribution in [3.8, 4) is 0 Å². The largest absolute Gasteiger partial charge is 0.416 e. The van der Waals surface area contributed by atoms with Gasteiger partial charge in [0, 0.05) is 0 Å². The van der Waals surface area contributed by atoms with Gasteiger partial charge in [0.15, 0.2) is 0 Å². The van der Waals surface area contributed by atoms with Gasteiger partial charge in [0.25, 0.3) is 0 Å². The average molecular weight is 291 g/mol. The third-order valence-corrected chi connectivity index (χ3v) is 3.84. The normalized spacial score (nSPS) is 15.4. The second-order valence-corrected chi connectivity index (χ2v) is 7.02. The van der Waals surface area contributed by atoms with Crippen LogP contribution in [0, 0.1) is 0 Å². The minimum absolute atomic E-state index is 0.326. The molecule has 1 unspecified atom stereocenters. The minimum Gasteiger partial charge on any atom is -0.234 e. The van der Waals surface area contributed by atoms with Gasteiger partial charge < -0.3 is 0 Å². The van der Waals surface area contributed by atoms with Crippen molar-refractivity contribution in [3.05, 3.63) is 35.4 Å². The number of nitrogens with zero attached hydrogens (tertiary/aromatic N) is 1. The summed E-state index contributed by atoms with van der Waals surface area (Å²) in [4.78, 5) is 0. The minimum atomic E-state index is -4.39. The Morgan fingerprint density at radius 2 is 1.79 bits per heavy atom. The lowest BCUT2D eigenvalue weighted by Gasteiger charge is -2.14. The molecule has 1 rings (SSSR count). The van der Waals surface area contributed by atoms with E-state index in [4.69, 9.17) is 0 Å². The number of halogens is 3. The van der Waals surface area contributed by atoms with Gasteiger partial charge in [-0.05, 0) is 45.4 Å². The predicted octanol–water partition coefficient (Wildman–Crippen LogP) is 3.98. The zero-order valence-corrected chi connectivity index (χ0v) is 12.0. The molecule has 0 aromatic heterocycles. The van der Waals surface area contributed by atoms with Crippen LogP contribution in [0.3, 0.4) is 0 Å². The highest BCUT2D eigenvalue weighted by Gasteiger charge is 2.30. The van der Waals surface area contributed by atoms with Crippen LogP contribution >= 0.6 is 0 Å². The van der Waals surface area contributed by atoms with Gasteiger partial charge in [0.05, 0.1) is 16.0 Å². The summed E-state index contributed by atoms with van der Waals surface area (Å²) in [6.07, 6.45) is -4.39. The zero-order chi connectivity index (χ0) is 14.8. The van der Waals surface area contributed by atoms with E-state index in [2.05, 4.69) is 4.40 Å². The number of hydrogen-bond acceptors (Lipinski definition) is 1. The molecule has 0 spiro atoms. The van der Waals surface area contributed by atoms with Gasteiger partial charge in [-0.3, -0.25) is 0 Å². The molecule has 0 radical (unpaired) electrons. The first-order chi connectivity index (χ1) is 8.51. The summed E-state index contributed by atoms with van der Waals surface area (Å²) in [5.41, 5.74) is -0.0760. The SMILES string of the molecule is C/C(=N\S(=O)C(C)(C)C)c1cccc(C(F)(F)F)c1. The van der Waals surface area contributed by atoms with Crippen molar-refractivity contribution < 1.29 is 17.4 Å². The molecular weight excluding hydrogens is 275 g/mol. The Morgan fingerprint density at radius 3 is 2.26 bits per heavy atom. The summed E-state index contributed by atoms with van der Waals surface area (Å²) in [6, 6.07) is 4.85. The highest BCUT2D eigenvalue weighted by Crippen LogP contribution is 2.29. The van der Waals surface area contributed by atoms with Crippen LogP contribution in [-0.2, 0) is 17.2 Å². The van der Waals surface area contributed by atoms with Gasteiger partial charge >= 0.3 is 6.18 Å². The summed E-state index contributed by atoms with van der Waals surface area (Å²) in [7, 11) is -1.49. The first-order valence-corrected chi connectivity index (χ1v) is 6.77. The Hall–Kier alpha value is -1.17. The molecule has 0 aliphatic heterocycles. The van der Waals surface area contributed by atoms with Crippen LogP contribution in [-0.4, -0.2) is 14.7 Å². The Morgan fingerprint density at radius 1 is 1.21 bits per heavy atom. The van der Waals surface area contributed by atoms with Gasteiger partial charge in [-0.25, -0.2) is 4.21 Å². The Labute approximate surface area is 113 Å². The lowest BCUT2D eigenvalue weighted by Crippen LogP contribution is -2.20. The fourth-order valence-corrected chi connectivity index (χ4v) is 1.86. The van der Waals surface area contributed by atoms with E-state index < -0.39 is 27.5 Å².